The highest BCUT2D eigenvalue weighted by atomic mass is 79.9. The molecule has 0 aliphatic carbocycles. The number of nitrogens with one attached hydrogen (secondary N) is 1. The first-order chi connectivity index (χ1) is 8.99. The SMILES string of the molecule is CC(C)N1CC(NC(=O)c2ccccc2Br)CC1=O. The van der Waals surface area contributed by atoms with Crippen molar-refractivity contribution >= 4 is 27.7 Å². The number of hydrogen-bond donors (Lipinski definition) is 1. The van der Waals surface area contributed by atoms with E-state index in [1.54, 1.807) is 11.0 Å². The molecule has 0 aromatic heterocycles. The van der Waals surface area contributed by atoms with Gasteiger partial charge in [-0.2, -0.15) is 0 Å². The molecule has 2 amide bonds. The van der Waals surface area contributed by atoms with Crippen molar-refractivity contribution in [3.8, 4) is 0 Å². The number of likely N-dealkylation sites (tertiary alicyclic amines) is 1. The lowest BCUT2D eigenvalue weighted by atomic mass is 10.2. The Kier molecular flexibility index (Phi) is 4.24. The molecular formula is C14H17BrN2O2. The second-order valence-electron chi connectivity index (χ2n) is 4.99. The highest BCUT2D eigenvalue weighted by Gasteiger charge is 2.32. The number of hydrogen-bond acceptors (Lipinski definition) is 2. The summed E-state index contributed by atoms with van der Waals surface area (Å²) in [6, 6.07) is 7.35. The van der Waals surface area contributed by atoms with Crippen LogP contribution < -0.4 is 5.32 Å². The summed E-state index contributed by atoms with van der Waals surface area (Å²) in [5, 5.41) is 2.92. The van der Waals surface area contributed by atoms with Crippen molar-refractivity contribution < 1.29 is 9.59 Å². The van der Waals surface area contributed by atoms with Crippen LogP contribution in [0.15, 0.2) is 28.7 Å². The second-order valence-corrected chi connectivity index (χ2v) is 5.85. The molecule has 1 saturated heterocycles. The third-order valence-corrected chi connectivity index (χ3v) is 3.93. The molecule has 0 radical (unpaired) electrons. The molecule has 0 saturated carbocycles. The monoisotopic (exact) mass is 324 g/mol. The summed E-state index contributed by atoms with van der Waals surface area (Å²) >= 11 is 3.36. The molecule has 4 nitrogen and oxygen atoms in total. The number of rotatable bonds is 3. The number of carbonyl (C=O) groups is 2. The van der Waals surface area contributed by atoms with Crippen LogP contribution in [0.25, 0.3) is 0 Å². The van der Waals surface area contributed by atoms with Crippen molar-refractivity contribution in [1.29, 1.82) is 0 Å². The fourth-order valence-electron chi connectivity index (χ4n) is 2.24. The Hall–Kier alpha value is -1.36. The van der Waals surface area contributed by atoms with Gasteiger partial charge in [-0.3, -0.25) is 9.59 Å². The van der Waals surface area contributed by atoms with Gasteiger partial charge in [0.25, 0.3) is 5.91 Å². The topological polar surface area (TPSA) is 49.4 Å². The average molecular weight is 325 g/mol. The minimum atomic E-state index is -0.143. The van der Waals surface area contributed by atoms with Gasteiger partial charge in [-0.05, 0) is 41.9 Å². The zero-order chi connectivity index (χ0) is 14.0. The molecule has 2 rings (SSSR count). The summed E-state index contributed by atoms with van der Waals surface area (Å²) in [5.41, 5.74) is 0.595. The molecule has 1 aliphatic rings. The predicted octanol–water partition coefficient (Wildman–Crippen LogP) is 2.19. The van der Waals surface area contributed by atoms with Crippen LogP contribution in [0.1, 0.15) is 30.6 Å². The Morgan fingerprint density at radius 3 is 2.68 bits per heavy atom. The molecule has 1 aromatic rings. The van der Waals surface area contributed by atoms with E-state index in [1.807, 2.05) is 32.0 Å². The summed E-state index contributed by atoms with van der Waals surface area (Å²) in [5.74, 6) is -0.0386. The van der Waals surface area contributed by atoms with Gasteiger partial charge in [0, 0.05) is 23.5 Å². The third kappa shape index (κ3) is 3.15. The van der Waals surface area contributed by atoms with Crippen LogP contribution in [-0.2, 0) is 4.79 Å². The molecule has 1 N–H and O–H groups in total. The van der Waals surface area contributed by atoms with E-state index in [2.05, 4.69) is 21.2 Å². The van der Waals surface area contributed by atoms with Crippen LogP contribution in [0.5, 0.6) is 0 Å². The van der Waals surface area contributed by atoms with E-state index in [4.69, 9.17) is 0 Å². The van der Waals surface area contributed by atoms with Crippen LogP contribution in [0, 0.1) is 0 Å². The van der Waals surface area contributed by atoms with E-state index in [0.29, 0.717) is 18.5 Å². The summed E-state index contributed by atoms with van der Waals surface area (Å²) in [6.45, 7) is 4.55. The van der Waals surface area contributed by atoms with Crippen molar-refractivity contribution in [2.24, 2.45) is 0 Å². The Bertz CT molecular complexity index is 502. The van der Waals surface area contributed by atoms with Crippen LogP contribution >= 0.6 is 15.9 Å². The summed E-state index contributed by atoms with van der Waals surface area (Å²) in [7, 11) is 0. The molecule has 0 bridgehead atoms. The zero-order valence-corrected chi connectivity index (χ0v) is 12.6. The molecule has 1 unspecified atom stereocenters. The van der Waals surface area contributed by atoms with Crippen molar-refractivity contribution in [2.45, 2.75) is 32.4 Å². The van der Waals surface area contributed by atoms with E-state index in [1.165, 1.54) is 0 Å². The van der Waals surface area contributed by atoms with Gasteiger partial charge in [0.05, 0.1) is 11.6 Å². The number of carbonyl (C=O) groups excluding carboxylic acids is 2. The average Bonchev–Trinajstić information content (AvgIpc) is 2.70. The largest absolute Gasteiger partial charge is 0.347 e. The second kappa shape index (κ2) is 5.74. The van der Waals surface area contributed by atoms with E-state index in [-0.39, 0.29) is 23.9 Å². The third-order valence-electron chi connectivity index (χ3n) is 3.24. The van der Waals surface area contributed by atoms with Gasteiger partial charge >= 0.3 is 0 Å². The normalized spacial score (nSPS) is 19.1. The van der Waals surface area contributed by atoms with Gasteiger partial charge in [-0.1, -0.05) is 12.1 Å². The summed E-state index contributed by atoms with van der Waals surface area (Å²) < 4.78 is 0.762. The lowest BCUT2D eigenvalue weighted by Gasteiger charge is -2.21. The molecule has 1 aliphatic heterocycles. The Morgan fingerprint density at radius 1 is 1.42 bits per heavy atom. The number of benzene rings is 1. The molecule has 1 heterocycles. The molecule has 1 atom stereocenters. The first kappa shape index (κ1) is 14.1. The first-order valence-electron chi connectivity index (χ1n) is 6.34. The maximum absolute atomic E-state index is 12.1. The first-order valence-corrected chi connectivity index (χ1v) is 7.13. The predicted molar refractivity (Wildman–Crippen MR) is 76.9 cm³/mol. The molecular weight excluding hydrogens is 308 g/mol. The summed E-state index contributed by atoms with van der Waals surface area (Å²) in [6.07, 6.45) is 0.383. The quantitative estimate of drug-likeness (QED) is 0.926. The highest BCUT2D eigenvalue weighted by Crippen LogP contribution is 2.18. The van der Waals surface area contributed by atoms with Gasteiger partial charge in [-0.15, -0.1) is 0 Å². The van der Waals surface area contributed by atoms with E-state index in [0.717, 1.165) is 4.47 Å². The van der Waals surface area contributed by atoms with Gasteiger partial charge in [-0.25, -0.2) is 0 Å². The fourth-order valence-corrected chi connectivity index (χ4v) is 2.70. The molecule has 102 valence electrons. The lowest BCUT2D eigenvalue weighted by molar-refractivity contribution is -0.129. The van der Waals surface area contributed by atoms with E-state index >= 15 is 0 Å². The Labute approximate surface area is 121 Å². The van der Waals surface area contributed by atoms with Gasteiger partial charge in [0.15, 0.2) is 0 Å². The van der Waals surface area contributed by atoms with Crippen molar-refractivity contribution in [1.82, 2.24) is 10.2 Å². The van der Waals surface area contributed by atoms with Crippen LogP contribution in [0.2, 0.25) is 0 Å². The van der Waals surface area contributed by atoms with Gasteiger partial charge in [0.1, 0.15) is 0 Å². The van der Waals surface area contributed by atoms with Crippen molar-refractivity contribution in [3.63, 3.8) is 0 Å². The van der Waals surface area contributed by atoms with Gasteiger partial charge < -0.3 is 10.2 Å². The van der Waals surface area contributed by atoms with E-state index in [9.17, 15) is 9.59 Å². The zero-order valence-electron chi connectivity index (χ0n) is 11.0. The van der Waals surface area contributed by atoms with E-state index < -0.39 is 0 Å². The number of nitrogens with zero attached hydrogens (tertiary/aromatic N) is 1. The minimum Gasteiger partial charge on any atom is -0.347 e. The fraction of sp³-hybridized carbons (Fsp3) is 0.429. The molecule has 19 heavy (non-hydrogen) atoms. The van der Waals surface area contributed by atoms with Crippen molar-refractivity contribution in [3.05, 3.63) is 34.3 Å². The summed E-state index contributed by atoms with van der Waals surface area (Å²) in [4.78, 5) is 25.7. The smallest absolute Gasteiger partial charge is 0.252 e. The standard InChI is InChI=1S/C14H17BrN2O2/c1-9(2)17-8-10(7-13(17)18)16-14(19)11-5-3-4-6-12(11)15/h3-6,9-10H,7-8H2,1-2H3,(H,16,19). The maximum Gasteiger partial charge on any atom is 0.252 e. The molecule has 1 aromatic carbocycles. The molecule has 0 spiro atoms. The van der Waals surface area contributed by atoms with Crippen LogP contribution in [0.4, 0.5) is 0 Å². The minimum absolute atomic E-state index is 0.102. The lowest BCUT2D eigenvalue weighted by Crippen LogP contribution is -2.39. The number of amides is 2. The van der Waals surface area contributed by atoms with Gasteiger partial charge in [0.2, 0.25) is 5.91 Å². The van der Waals surface area contributed by atoms with Crippen LogP contribution in [0.3, 0.4) is 0 Å². The molecule has 1 fully saturated rings. The maximum atomic E-state index is 12.1. The highest BCUT2D eigenvalue weighted by molar-refractivity contribution is 9.10. The van der Waals surface area contributed by atoms with Crippen molar-refractivity contribution in [2.75, 3.05) is 6.54 Å². The Balaban J connectivity index is 2.02. The molecule has 5 heteroatoms. The number of halogens is 1. The van der Waals surface area contributed by atoms with Crippen LogP contribution in [-0.4, -0.2) is 35.3 Å². The Morgan fingerprint density at radius 2 is 2.11 bits per heavy atom.